The van der Waals surface area contributed by atoms with E-state index in [1.54, 1.807) is 12.1 Å². The van der Waals surface area contributed by atoms with Gasteiger partial charge in [-0.15, -0.1) is 11.3 Å². The predicted molar refractivity (Wildman–Crippen MR) is 67.3 cm³/mol. The topological polar surface area (TPSA) is 72.2 Å². The molecule has 0 radical (unpaired) electrons. The Morgan fingerprint density at radius 1 is 1.59 bits per heavy atom. The van der Waals surface area contributed by atoms with E-state index in [1.165, 1.54) is 17.5 Å². The molecule has 2 aromatic heterocycles. The van der Waals surface area contributed by atoms with Crippen molar-refractivity contribution in [1.82, 2.24) is 9.88 Å². The summed E-state index contributed by atoms with van der Waals surface area (Å²) in [5, 5.41) is 3.50. The van der Waals surface area contributed by atoms with E-state index >= 15 is 0 Å². The number of nitrogens with one attached hydrogen (secondary N) is 1. The quantitative estimate of drug-likeness (QED) is 0.929. The first-order valence-corrected chi connectivity index (χ1v) is 7.73. The molecule has 0 aromatic carbocycles. The second-order valence-electron chi connectivity index (χ2n) is 3.33. The van der Waals surface area contributed by atoms with Gasteiger partial charge in [0.05, 0.1) is 16.5 Å². The minimum Gasteiger partial charge on any atom is -0.360 e. The number of aromatic nitrogens is 1. The van der Waals surface area contributed by atoms with Crippen molar-refractivity contribution >= 4 is 37.3 Å². The monoisotopic (exact) mass is 336 g/mol. The molecule has 0 spiro atoms. The summed E-state index contributed by atoms with van der Waals surface area (Å²) in [4.78, 5) is 0. The maximum absolute atomic E-state index is 11.9. The molecule has 92 valence electrons. The number of sulfonamides is 1. The number of hydrogen-bond acceptors (Lipinski definition) is 5. The third kappa shape index (κ3) is 2.95. The minimum absolute atomic E-state index is 0.0941. The highest BCUT2D eigenvalue weighted by Crippen LogP contribution is 2.30. The van der Waals surface area contributed by atoms with Crippen molar-refractivity contribution in [3.05, 3.63) is 33.4 Å². The fourth-order valence-corrected chi connectivity index (χ4v) is 4.40. The van der Waals surface area contributed by atoms with Gasteiger partial charge < -0.3 is 4.52 Å². The molecule has 2 rings (SSSR count). The highest BCUT2D eigenvalue weighted by molar-refractivity contribution is 9.11. The molecule has 0 saturated heterocycles. The largest absolute Gasteiger partial charge is 0.360 e. The molecule has 1 N–H and O–H groups in total. The fraction of sp³-hybridized carbons (Fsp3) is 0.222. The van der Waals surface area contributed by atoms with Crippen LogP contribution in [0.1, 0.15) is 11.3 Å². The second-order valence-corrected chi connectivity index (χ2v) is 7.69. The molecule has 0 aliphatic heterocycles. The van der Waals surface area contributed by atoms with Crippen LogP contribution in [0, 0.1) is 6.92 Å². The Labute approximate surface area is 111 Å². The molecule has 0 fully saturated rings. The van der Waals surface area contributed by atoms with Gasteiger partial charge in [-0.25, -0.2) is 13.1 Å². The smallest absolute Gasteiger partial charge is 0.250 e. The van der Waals surface area contributed by atoms with Crippen LogP contribution < -0.4 is 4.72 Å². The molecule has 0 aliphatic carbocycles. The zero-order valence-corrected chi connectivity index (χ0v) is 12.0. The molecule has 0 aliphatic rings. The number of nitrogens with zero attached hydrogens (tertiary/aromatic N) is 1. The Hall–Kier alpha value is -0.700. The molecule has 17 heavy (non-hydrogen) atoms. The van der Waals surface area contributed by atoms with Gasteiger partial charge in [-0.3, -0.25) is 0 Å². The zero-order valence-electron chi connectivity index (χ0n) is 8.81. The van der Waals surface area contributed by atoms with Crippen molar-refractivity contribution < 1.29 is 12.9 Å². The summed E-state index contributed by atoms with van der Waals surface area (Å²) in [6.45, 7) is 1.94. The maximum Gasteiger partial charge on any atom is 0.250 e. The van der Waals surface area contributed by atoms with Crippen molar-refractivity contribution in [3.8, 4) is 0 Å². The molecule has 0 unspecified atom stereocenters. The number of hydrogen-bond donors (Lipinski definition) is 1. The maximum atomic E-state index is 11.9. The van der Waals surface area contributed by atoms with Gasteiger partial charge in [0.2, 0.25) is 0 Å². The SMILES string of the molecule is Cc1cc(S(=O)(=O)NCc2ccno2)sc1Br. The molecule has 5 nitrogen and oxygen atoms in total. The molecule has 0 saturated carbocycles. The van der Waals surface area contributed by atoms with E-state index in [0.29, 0.717) is 5.76 Å². The second kappa shape index (κ2) is 4.89. The first kappa shape index (κ1) is 12.7. The van der Waals surface area contributed by atoms with Gasteiger partial charge in [-0.2, -0.15) is 0 Å². The Morgan fingerprint density at radius 3 is 2.88 bits per heavy atom. The van der Waals surface area contributed by atoms with E-state index in [0.717, 1.165) is 9.35 Å². The van der Waals surface area contributed by atoms with Gasteiger partial charge in [0.1, 0.15) is 4.21 Å². The molecule has 2 aromatic rings. The van der Waals surface area contributed by atoms with E-state index in [-0.39, 0.29) is 10.8 Å². The van der Waals surface area contributed by atoms with Crippen molar-refractivity contribution in [2.75, 3.05) is 0 Å². The average Bonchev–Trinajstić information content (AvgIpc) is 2.87. The first-order chi connectivity index (χ1) is 7.99. The summed E-state index contributed by atoms with van der Waals surface area (Å²) < 4.78 is 32.2. The number of thiophene rings is 1. The number of aryl methyl sites for hydroxylation is 1. The third-order valence-electron chi connectivity index (χ3n) is 2.03. The lowest BCUT2D eigenvalue weighted by molar-refractivity contribution is 0.380. The Kier molecular flexibility index (Phi) is 3.67. The lowest BCUT2D eigenvalue weighted by Gasteiger charge is -2.01. The summed E-state index contributed by atoms with van der Waals surface area (Å²) in [7, 11) is -3.49. The Bertz CT molecular complexity index is 585. The Balaban J connectivity index is 2.14. The molecular weight excluding hydrogens is 328 g/mol. The summed E-state index contributed by atoms with van der Waals surface area (Å²) in [6, 6.07) is 3.23. The molecule has 0 atom stereocenters. The summed E-state index contributed by atoms with van der Waals surface area (Å²) in [5.41, 5.74) is 0.898. The van der Waals surface area contributed by atoms with Crippen LogP contribution in [0.4, 0.5) is 0 Å². The normalized spacial score (nSPS) is 11.9. The van der Waals surface area contributed by atoms with Gasteiger partial charge in [-0.1, -0.05) is 5.16 Å². The van der Waals surface area contributed by atoms with Gasteiger partial charge in [0.15, 0.2) is 5.76 Å². The van der Waals surface area contributed by atoms with Crippen molar-refractivity contribution in [1.29, 1.82) is 0 Å². The molecular formula is C9H9BrN2O3S2. The van der Waals surface area contributed by atoms with Crippen LogP contribution in [0.3, 0.4) is 0 Å². The summed E-state index contributed by atoms with van der Waals surface area (Å²) in [6.07, 6.45) is 1.47. The predicted octanol–water partition coefficient (Wildman–Crippen LogP) is 2.29. The third-order valence-corrected chi connectivity index (χ3v) is 6.04. The number of halogens is 1. The van der Waals surface area contributed by atoms with Crippen LogP contribution in [-0.2, 0) is 16.6 Å². The van der Waals surface area contributed by atoms with Crippen molar-refractivity contribution in [2.45, 2.75) is 17.7 Å². The van der Waals surface area contributed by atoms with Crippen LogP contribution in [0.25, 0.3) is 0 Å². The molecule has 0 amide bonds. The van der Waals surface area contributed by atoms with Gasteiger partial charge in [0, 0.05) is 6.07 Å². The van der Waals surface area contributed by atoms with E-state index < -0.39 is 10.0 Å². The van der Waals surface area contributed by atoms with Crippen LogP contribution in [0.5, 0.6) is 0 Å². The van der Waals surface area contributed by atoms with Gasteiger partial charge in [-0.05, 0) is 34.5 Å². The highest BCUT2D eigenvalue weighted by Gasteiger charge is 2.18. The van der Waals surface area contributed by atoms with Crippen LogP contribution >= 0.6 is 27.3 Å². The standard InChI is InChI=1S/C9H9BrN2O3S2/c1-6-4-8(16-9(6)10)17(13,14)12-5-7-2-3-11-15-7/h2-4,12H,5H2,1H3. The van der Waals surface area contributed by atoms with Crippen molar-refractivity contribution in [2.24, 2.45) is 0 Å². The van der Waals surface area contributed by atoms with E-state index in [2.05, 4.69) is 25.8 Å². The number of rotatable bonds is 4. The van der Waals surface area contributed by atoms with E-state index in [9.17, 15) is 8.42 Å². The lowest BCUT2D eigenvalue weighted by Crippen LogP contribution is -2.22. The fourth-order valence-electron chi connectivity index (χ4n) is 1.13. The molecule has 2 heterocycles. The van der Waals surface area contributed by atoms with Crippen molar-refractivity contribution in [3.63, 3.8) is 0 Å². The van der Waals surface area contributed by atoms with E-state index in [1.807, 2.05) is 6.92 Å². The average molecular weight is 337 g/mol. The summed E-state index contributed by atoms with van der Waals surface area (Å²) >= 11 is 4.47. The lowest BCUT2D eigenvalue weighted by atomic mass is 10.4. The zero-order chi connectivity index (χ0) is 12.5. The minimum atomic E-state index is -3.49. The van der Waals surface area contributed by atoms with Gasteiger partial charge in [0.25, 0.3) is 10.0 Å². The van der Waals surface area contributed by atoms with Crippen LogP contribution in [0.2, 0.25) is 0 Å². The Morgan fingerprint density at radius 2 is 2.35 bits per heavy atom. The van der Waals surface area contributed by atoms with Crippen LogP contribution in [-0.4, -0.2) is 13.6 Å². The highest BCUT2D eigenvalue weighted by atomic mass is 79.9. The first-order valence-electron chi connectivity index (χ1n) is 4.64. The molecule has 0 bridgehead atoms. The summed E-state index contributed by atoms with van der Waals surface area (Å²) in [5.74, 6) is 0.473. The molecule has 8 heteroatoms. The van der Waals surface area contributed by atoms with Gasteiger partial charge >= 0.3 is 0 Å². The van der Waals surface area contributed by atoms with Crippen LogP contribution in [0.15, 0.2) is 30.8 Å². The van der Waals surface area contributed by atoms with E-state index in [4.69, 9.17) is 4.52 Å².